The van der Waals surface area contributed by atoms with Crippen LogP contribution in [0.1, 0.15) is 43.7 Å². The summed E-state index contributed by atoms with van der Waals surface area (Å²) in [6, 6.07) is 8.40. The van der Waals surface area contributed by atoms with Gasteiger partial charge in [0.05, 0.1) is 0 Å². The van der Waals surface area contributed by atoms with Crippen molar-refractivity contribution in [3.8, 4) is 0 Å². The number of alkyl halides is 1. The average molecular weight is 258 g/mol. The van der Waals surface area contributed by atoms with Crippen LogP contribution in [0.3, 0.4) is 0 Å². The van der Waals surface area contributed by atoms with E-state index < -0.39 is 5.67 Å². The van der Waals surface area contributed by atoms with E-state index in [1.165, 1.54) is 16.7 Å². The van der Waals surface area contributed by atoms with E-state index in [0.717, 1.165) is 12.8 Å². The second kappa shape index (κ2) is 4.59. The summed E-state index contributed by atoms with van der Waals surface area (Å²) in [6.07, 6.45) is 5.34. The molecule has 1 saturated carbocycles. The molecule has 1 nitrogen and oxygen atoms in total. The number of rotatable bonds is 5. The van der Waals surface area contributed by atoms with Crippen molar-refractivity contribution < 1.29 is 9.18 Å². The Morgan fingerprint density at radius 1 is 1.37 bits per heavy atom. The monoisotopic (exact) mass is 258 g/mol. The summed E-state index contributed by atoms with van der Waals surface area (Å²) in [7, 11) is 0. The van der Waals surface area contributed by atoms with Crippen LogP contribution in [0.5, 0.6) is 0 Å². The van der Waals surface area contributed by atoms with Gasteiger partial charge in [-0.25, -0.2) is 4.39 Å². The lowest BCUT2D eigenvalue weighted by atomic mass is 9.92. The van der Waals surface area contributed by atoms with Gasteiger partial charge in [0, 0.05) is 6.42 Å². The molecule has 0 radical (unpaired) electrons. The van der Waals surface area contributed by atoms with E-state index in [2.05, 4.69) is 30.3 Å². The first-order valence-electron chi connectivity index (χ1n) is 7.08. The van der Waals surface area contributed by atoms with Crippen LogP contribution in [0.4, 0.5) is 4.39 Å². The van der Waals surface area contributed by atoms with Gasteiger partial charge in [-0.15, -0.1) is 0 Å². The van der Waals surface area contributed by atoms with E-state index in [4.69, 9.17) is 0 Å². The van der Waals surface area contributed by atoms with E-state index in [1.54, 1.807) is 0 Å². The van der Waals surface area contributed by atoms with Gasteiger partial charge in [-0.05, 0) is 48.3 Å². The number of hydrogen-bond acceptors (Lipinski definition) is 1. The minimum atomic E-state index is -1.46. The summed E-state index contributed by atoms with van der Waals surface area (Å²) in [4.78, 5) is 11.8. The molecule has 0 aromatic heterocycles. The van der Waals surface area contributed by atoms with Gasteiger partial charge in [0.2, 0.25) is 0 Å². The van der Waals surface area contributed by atoms with Gasteiger partial charge in [0.15, 0.2) is 11.5 Å². The maximum Gasteiger partial charge on any atom is 0.170 e. The summed E-state index contributed by atoms with van der Waals surface area (Å²) in [5, 5.41) is 0. The van der Waals surface area contributed by atoms with Crippen molar-refractivity contribution >= 4 is 11.4 Å². The number of halogens is 1. The molecule has 100 valence electrons. The van der Waals surface area contributed by atoms with Crippen molar-refractivity contribution in [1.29, 1.82) is 0 Å². The molecule has 1 aromatic rings. The minimum absolute atomic E-state index is 0.188. The molecule has 0 heterocycles. The molecule has 0 N–H and O–H groups in total. The zero-order chi connectivity index (χ0) is 13.5. The van der Waals surface area contributed by atoms with Crippen molar-refractivity contribution in [2.75, 3.05) is 0 Å². The molecule has 0 bridgehead atoms. The average Bonchev–Trinajstić information content (AvgIpc) is 3.02. The lowest BCUT2D eigenvalue weighted by Gasteiger charge is -2.14. The van der Waals surface area contributed by atoms with Gasteiger partial charge < -0.3 is 0 Å². The Bertz CT molecular complexity index is 540. The Morgan fingerprint density at radius 2 is 2.11 bits per heavy atom. The Balaban J connectivity index is 1.62. The Hall–Kier alpha value is -1.44. The van der Waals surface area contributed by atoms with Gasteiger partial charge in [-0.3, -0.25) is 4.79 Å². The maximum absolute atomic E-state index is 13.6. The Kier molecular flexibility index (Phi) is 3.04. The van der Waals surface area contributed by atoms with Gasteiger partial charge >= 0.3 is 0 Å². The van der Waals surface area contributed by atoms with E-state index in [0.29, 0.717) is 19.3 Å². The number of Topliss-reactive ketones (excluding diaryl/α,β-unsaturated/α-hetero) is 1. The molecule has 2 heteroatoms. The predicted octanol–water partition coefficient (Wildman–Crippen LogP) is 4.11. The number of carbonyl (C=O) groups is 1. The molecule has 2 aliphatic carbocycles. The molecular formula is C17H19FO. The van der Waals surface area contributed by atoms with E-state index >= 15 is 0 Å². The van der Waals surface area contributed by atoms with Crippen molar-refractivity contribution in [2.45, 2.75) is 44.7 Å². The summed E-state index contributed by atoms with van der Waals surface area (Å²) in [6.45, 7) is 2.05. The largest absolute Gasteiger partial charge is 0.296 e. The van der Waals surface area contributed by atoms with Crippen molar-refractivity contribution in [2.24, 2.45) is 5.92 Å². The number of carbonyl (C=O) groups excluding carboxylic acids is 1. The lowest BCUT2D eigenvalue weighted by Crippen LogP contribution is -2.19. The Morgan fingerprint density at radius 3 is 2.84 bits per heavy atom. The number of allylic oxidation sites excluding steroid dienone is 2. The number of fused-ring (bicyclic) bond motifs is 1. The van der Waals surface area contributed by atoms with Crippen LogP contribution in [-0.2, 0) is 11.2 Å². The third-order valence-corrected chi connectivity index (χ3v) is 4.22. The molecule has 0 unspecified atom stereocenters. The van der Waals surface area contributed by atoms with Gasteiger partial charge in [-0.2, -0.15) is 0 Å². The highest BCUT2D eigenvalue weighted by atomic mass is 19.1. The number of hydrogen-bond donors (Lipinski definition) is 0. The van der Waals surface area contributed by atoms with Crippen LogP contribution in [-0.4, -0.2) is 11.5 Å². The number of benzene rings is 1. The van der Waals surface area contributed by atoms with Crippen LogP contribution in [0.2, 0.25) is 0 Å². The quantitative estimate of drug-likeness (QED) is 0.776. The van der Waals surface area contributed by atoms with Crippen LogP contribution >= 0.6 is 0 Å². The first-order chi connectivity index (χ1) is 9.08. The summed E-state index contributed by atoms with van der Waals surface area (Å²) in [5.74, 6) is 0.0324. The molecule has 1 fully saturated rings. The lowest BCUT2D eigenvalue weighted by molar-refractivity contribution is -0.126. The Labute approximate surface area is 113 Å². The van der Waals surface area contributed by atoms with Crippen molar-refractivity contribution in [1.82, 2.24) is 0 Å². The zero-order valence-electron chi connectivity index (χ0n) is 11.3. The van der Waals surface area contributed by atoms with E-state index in [9.17, 15) is 9.18 Å². The molecule has 1 atom stereocenters. The molecule has 0 aliphatic heterocycles. The molecule has 1 aromatic carbocycles. The predicted molar refractivity (Wildman–Crippen MR) is 74.6 cm³/mol. The molecule has 0 saturated heterocycles. The van der Waals surface area contributed by atoms with Crippen LogP contribution < -0.4 is 0 Å². The second-order valence-electron chi connectivity index (χ2n) is 5.99. The summed E-state index contributed by atoms with van der Waals surface area (Å²) >= 11 is 0. The topological polar surface area (TPSA) is 17.1 Å². The van der Waals surface area contributed by atoms with Crippen LogP contribution in [0, 0.1) is 5.92 Å². The third-order valence-electron chi connectivity index (χ3n) is 4.22. The highest BCUT2D eigenvalue weighted by Crippen LogP contribution is 2.42. The van der Waals surface area contributed by atoms with Crippen LogP contribution in [0.15, 0.2) is 30.3 Å². The van der Waals surface area contributed by atoms with E-state index in [-0.39, 0.29) is 11.7 Å². The first kappa shape index (κ1) is 12.6. The van der Waals surface area contributed by atoms with E-state index in [1.807, 2.05) is 6.92 Å². The fourth-order valence-corrected chi connectivity index (χ4v) is 2.88. The van der Waals surface area contributed by atoms with Gasteiger partial charge in [-0.1, -0.05) is 37.3 Å². The standard InChI is InChI=1S/C17H19FO/c1-12(11-16(19)17(18)8-9-17)10-14-7-6-13-4-2-3-5-15(13)14/h2-5,7,12H,6,8-11H2,1H3/t12-/m1/s1. The maximum atomic E-state index is 13.6. The zero-order valence-corrected chi connectivity index (χ0v) is 11.3. The molecule has 0 spiro atoms. The number of ketones is 1. The second-order valence-corrected chi connectivity index (χ2v) is 5.99. The van der Waals surface area contributed by atoms with Crippen LogP contribution in [0.25, 0.3) is 5.57 Å². The smallest absolute Gasteiger partial charge is 0.170 e. The van der Waals surface area contributed by atoms with Crippen molar-refractivity contribution in [3.05, 3.63) is 41.5 Å². The fourth-order valence-electron chi connectivity index (χ4n) is 2.88. The highest BCUT2D eigenvalue weighted by Gasteiger charge is 2.50. The third kappa shape index (κ3) is 2.49. The SMILES string of the molecule is C[C@@H](CC(=O)C1(F)CC1)CC1=CCc2ccccc21. The highest BCUT2D eigenvalue weighted by molar-refractivity contribution is 5.90. The molecule has 2 aliphatic rings. The normalized spacial score (nSPS) is 20.6. The molecule has 19 heavy (non-hydrogen) atoms. The summed E-state index contributed by atoms with van der Waals surface area (Å²) < 4.78 is 13.6. The fraction of sp³-hybridized carbons (Fsp3) is 0.471. The van der Waals surface area contributed by atoms with Gasteiger partial charge in [0.25, 0.3) is 0 Å². The molecule has 0 amide bonds. The van der Waals surface area contributed by atoms with Gasteiger partial charge in [0.1, 0.15) is 0 Å². The minimum Gasteiger partial charge on any atom is -0.296 e. The molecule has 3 rings (SSSR count). The van der Waals surface area contributed by atoms with Crippen molar-refractivity contribution in [3.63, 3.8) is 0 Å². The summed E-state index contributed by atoms with van der Waals surface area (Å²) in [5.41, 5.74) is 2.53. The first-order valence-corrected chi connectivity index (χ1v) is 7.08. The molecular weight excluding hydrogens is 239 g/mol.